The van der Waals surface area contributed by atoms with Gasteiger partial charge in [-0.2, -0.15) is 0 Å². The number of primary amides is 1. The summed E-state index contributed by atoms with van der Waals surface area (Å²) in [6, 6.07) is 6.90. The third-order valence-corrected chi connectivity index (χ3v) is 3.53. The van der Waals surface area contributed by atoms with Crippen molar-refractivity contribution in [3.63, 3.8) is 0 Å². The van der Waals surface area contributed by atoms with Gasteiger partial charge in [-0.3, -0.25) is 4.79 Å². The van der Waals surface area contributed by atoms with Crippen LogP contribution < -0.4 is 5.73 Å². The van der Waals surface area contributed by atoms with E-state index in [0.717, 1.165) is 4.88 Å². The van der Waals surface area contributed by atoms with Gasteiger partial charge in [-0.25, -0.2) is 4.98 Å². The monoisotopic (exact) mass is 278 g/mol. The van der Waals surface area contributed by atoms with Crippen LogP contribution >= 0.6 is 22.9 Å². The largest absolute Gasteiger partial charge is 0.435 e. The Kier molecular flexibility index (Phi) is 2.57. The molecule has 0 saturated carbocycles. The van der Waals surface area contributed by atoms with Crippen LogP contribution in [0.2, 0.25) is 5.02 Å². The van der Waals surface area contributed by atoms with Crippen molar-refractivity contribution >= 4 is 39.9 Å². The van der Waals surface area contributed by atoms with Gasteiger partial charge in [0.1, 0.15) is 5.52 Å². The Balaban J connectivity index is 2.29. The number of hydrogen-bond acceptors (Lipinski definition) is 4. The van der Waals surface area contributed by atoms with Gasteiger partial charge in [-0.1, -0.05) is 17.7 Å². The summed E-state index contributed by atoms with van der Waals surface area (Å²) in [5.41, 5.74) is 6.47. The molecule has 2 heterocycles. The molecule has 0 atom stereocenters. The Morgan fingerprint density at radius 2 is 2.28 bits per heavy atom. The number of rotatable bonds is 2. The summed E-state index contributed by atoms with van der Waals surface area (Å²) < 4.78 is 5.59. The average molecular weight is 279 g/mol. The van der Waals surface area contributed by atoms with Crippen LogP contribution in [0.1, 0.15) is 10.4 Å². The fraction of sp³-hybridized carbons (Fsp3) is 0. The number of carbonyl (C=O) groups excluding carboxylic acids is 1. The smallest absolute Gasteiger partial charge is 0.251 e. The number of carbonyl (C=O) groups is 1. The molecule has 0 spiro atoms. The number of halogens is 1. The van der Waals surface area contributed by atoms with E-state index in [0.29, 0.717) is 22.0 Å². The van der Waals surface area contributed by atoms with Gasteiger partial charge in [-0.15, -0.1) is 11.3 Å². The Labute approximate surface area is 111 Å². The minimum Gasteiger partial charge on any atom is -0.435 e. The first-order valence-electron chi connectivity index (χ1n) is 5.09. The second-order valence-corrected chi connectivity index (χ2v) is 5.04. The van der Waals surface area contributed by atoms with Gasteiger partial charge < -0.3 is 10.2 Å². The number of nitrogens with two attached hydrogens (primary N) is 1. The predicted molar refractivity (Wildman–Crippen MR) is 70.8 cm³/mol. The fourth-order valence-corrected chi connectivity index (χ4v) is 2.55. The van der Waals surface area contributed by atoms with Crippen LogP contribution in [-0.2, 0) is 0 Å². The molecule has 18 heavy (non-hydrogen) atoms. The molecular formula is C12H7ClN2O2S. The molecule has 4 nitrogen and oxygen atoms in total. The van der Waals surface area contributed by atoms with Crippen molar-refractivity contribution in [1.82, 2.24) is 4.98 Å². The lowest BCUT2D eigenvalue weighted by atomic mass is 10.2. The van der Waals surface area contributed by atoms with Crippen molar-refractivity contribution in [2.24, 2.45) is 5.73 Å². The summed E-state index contributed by atoms with van der Waals surface area (Å²) in [5, 5.41) is 2.32. The van der Waals surface area contributed by atoms with Crippen LogP contribution in [0.5, 0.6) is 0 Å². The molecule has 0 aliphatic carbocycles. The fourth-order valence-electron chi connectivity index (χ4n) is 1.69. The molecule has 2 aromatic heterocycles. The molecule has 6 heteroatoms. The first kappa shape index (κ1) is 11.3. The van der Waals surface area contributed by atoms with Crippen LogP contribution in [0.15, 0.2) is 34.1 Å². The summed E-state index contributed by atoms with van der Waals surface area (Å²) in [4.78, 5) is 16.5. The molecule has 3 aromatic rings. The maximum absolute atomic E-state index is 11.3. The zero-order chi connectivity index (χ0) is 12.7. The van der Waals surface area contributed by atoms with Crippen molar-refractivity contribution in [2.75, 3.05) is 0 Å². The summed E-state index contributed by atoms with van der Waals surface area (Å²) in [6.45, 7) is 0. The summed E-state index contributed by atoms with van der Waals surface area (Å²) in [6.07, 6.45) is 0. The van der Waals surface area contributed by atoms with Crippen LogP contribution in [-0.4, -0.2) is 10.9 Å². The Morgan fingerprint density at radius 1 is 1.44 bits per heavy atom. The molecule has 0 saturated heterocycles. The van der Waals surface area contributed by atoms with Crippen molar-refractivity contribution in [3.05, 3.63) is 40.2 Å². The zero-order valence-electron chi connectivity index (χ0n) is 9.01. The highest BCUT2D eigenvalue weighted by Gasteiger charge is 2.16. The van der Waals surface area contributed by atoms with Gasteiger partial charge >= 0.3 is 0 Å². The van der Waals surface area contributed by atoms with E-state index in [9.17, 15) is 4.79 Å². The number of aromatic nitrogens is 1. The van der Waals surface area contributed by atoms with E-state index >= 15 is 0 Å². The van der Waals surface area contributed by atoms with Gasteiger partial charge in [0.05, 0.1) is 10.4 Å². The highest BCUT2D eigenvalue weighted by atomic mass is 35.5. The summed E-state index contributed by atoms with van der Waals surface area (Å²) >= 11 is 7.41. The van der Waals surface area contributed by atoms with Crippen LogP contribution in [0, 0.1) is 0 Å². The maximum atomic E-state index is 11.3. The zero-order valence-corrected chi connectivity index (χ0v) is 10.6. The Hall–Kier alpha value is -1.85. The first-order valence-corrected chi connectivity index (χ1v) is 6.34. The molecule has 0 unspecified atom stereocenters. The molecule has 0 bridgehead atoms. The molecule has 90 valence electrons. The molecule has 0 fully saturated rings. The van der Waals surface area contributed by atoms with Crippen molar-refractivity contribution < 1.29 is 9.21 Å². The minimum absolute atomic E-state index is 0.268. The highest BCUT2D eigenvalue weighted by molar-refractivity contribution is 7.13. The van der Waals surface area contributed by atoms with E-state index in [-0.39, 0.29) is 5.56 Å². The number of nitrogens with zero attached hydrogens (tertiary/aromatic N) is 1. The van der Waals surface area contributed by atoms with Crippen molar-refractivity contribution in [3.8, 4) is 10.8 Å². The molecule has 1 amide bonds. The quantitative estimate of drug-likeness (QED) is 0.782. The van der Waals surface area contributed by atoms with Gasteiger partial charge in [0.15, 0.2) is 5.58 Å². The third-order valence-electron chi connectivity index (χ3n) is 2.46. The lowest BCUT2D eigenvalue weighted by Crippen LogP contribution is -2.11. The topological polar surface area (TPSA) is 69.1 Å². The van der Waals surface area contributed by atoms with Gasteiger partial charge in [0.2, 0.25) is 5.89 Å². The van der Waals surface area contributed by atoms with Gasteiger partial charge in [-0.05, 0) is 17.5 Å². The minimum atomic E-state index is -0.575. The van der Waals surface area contributed by atoms with E-state index in [1.54, 1.807) is 6.07 Å². The van der Waals surface area contributed by atoms with E-state index < -0.39 is 5.91 Å². The normalized spacial score (nSPS) is 10.9. The molecule has 0 radical (unpaired) electrons. The molecule has 3 rings (SSSR count). The molecule has 0 aliphatic rings. The predicted octanol–water partition coefficient (Wildman–Crippen LogP) is 3.31. The van der Waals surface area contributed by atoms with Crippen molar-refractivity contribution in [2.45, 2.75) is 0 Å². The highest BCUT2D eigenvalue weighted by Crippen LogP contribution is 2.30. The van der Waals surface area contributed by atoms with E-state index in [4.69, 9.17) is 21.8 Å². The second kappa shape index (κ2) is 4.12. The number of hydrogen-bond donors (Lipinski definition) is 1. The number of benzene rings is 1. The lowest BCUT2D eigenvalue weighted by Gasteiger charge is -1.96. The van der Waals surface area contributed by atoms with Crippen LogP contribution in [0.3, 0.4) is 0 Å². The van der Waals surface area contributed by atoms with E-state index in [1.807, 2.05) is 17.5 Å². The van der Waals surface area contributed by atoms with Crippen LogP contribution in [0.25, 0.3) is 21.9 Å². The molecule has 2 N–H and O–H groups in total. The SMILES string of the molecule is NC(=O)c1cc(Cl)cc2oc(-c3cccs3)nc12. The van der Waals surface area contributed by atoms with Gasteiger partial charge in [0.25, 0.3) is 5.91 Å². The average Bonchev–Trinajstić information content (AvgIpc) is 2.95. The molecule has 0 aliphatic heterocycles. The Morgan fingerprint density at radius 3 is 2.94 bits per heavy atom. The number of fused-ring (bicyclic) bond motifs is 1. The van der Waals surface area contributed by atoms with E-state index in [1.165, 1.54) is 17.4 Å². The summed E-state index contributed by atoms with van der Waals surface area (Å²) in [5.74, 6) is -0.113. The molecule has 1 aromatic carbocycles. The van der Waals surface area contributed by atoms with Gasteiger partial charge in [0, 0.05) is 11.1 Å². The number of amides is 1. The first-order chi connectivity index (χ1) is 8.65. The van der Waals surface area contributed by atoms with Crippen molar-refractivity contribution in [1.29, 1.82) is 0 Å². The Bertz CT molecular complexity index is 734. The molecular weight excluding hydrogens is 272 g/mol. The lowest BCUT2D eigenvalue weighted by molar-refractivity contribution is 0.100. The third kappa shape index (κ3) is 1.77. The van der Waals surface area contributed by atoms with Crippen LogP contribution in [0.4, 0.5) is 0 Å². The standard InChI is InChI=1S/C12H7ClN2O2S/c13-6-4-7(11(14)16)10-8(5-6)17-12(15-10)9-2-1-3-18-9/h1-5H,(H2,14,16). The van der Waals surface area contributed by atoms with E-state index in [2.05, 4.69) is 4.98 Å². The second-order valence-electron chi connectivity index (χ2n) is 3.66. The number of thiophene rings is 1. The summed E-state index contributed by atoms with van der Waals surface area (Å²) in [7, 11) is 0. The maximum Gasteiger partial charge on any atom is 0.251 e. The number of oxazole rings is 1.